The summed E-state index contributed by atoms with van der Waals surface area (Å²) in [5.41, 5.74) is 7.68. The molecule has 19 heavy (non-hydrogen) atoms. The Balaban J connectivity index is 2.13. The van der Waals surface area contributed by atoms with E-state index in [1.807, 2.05) is 19.1 Å². The first-order valence-corrected chi connectivity index (χ1v) is 6.18. The number of methoxy groups -OCH3 is 1. The van der Waals surface area contributed by atoms with Gasteiger partial charge in [-0.2, -0.15) is 4.98 Å². The standard InChI is InChI=1S/C14H19N3O2/c1-10-5-4-6-11(7-10)8-12-16-13(17-19-12)14(2,15)9-18-3/h4-7H,8-9,15H2,1-3H3. The van der Waals surface area contributed by atoms with Crippen LogP contribution in [0.4, 0.5) is 0 Å². The third-order valence-electron chi connectivity index (χ3n) is 2.86. The molecule has 0 radical (unpaired) electrons. The second kappa shape index (κ2) is 5.50. The molecule has 0 spiro atoms. The highest BCUT2D eigenvalue weighted by Gasteiger charge is 2.27. The van der Waals surface area contributed by atoms with Crippen molar-refractivity contribution in [3.8, 4) is 0 Å². The average molecular weight is 261 g/mol. The van der Waals surface area contributed by atoms with Gasteiger partial charge in [-0.3, -0.25) is 0 Å². The van der Waals surface area contributed by atoms with Crippen LogP contribution in [0.5, 0.6) is 0 Å². The van der Waals surface area contributed by atoms with Crippen LogP contribution in [0, 0.1) is 6.92 Å². The van der Waals surface area contributed by atoms with Crippen LogP contribution in [0.15, 0.2) is 28.8 Å². The van der Waals surface area contributed by atoms with Crippen molar-refractivity contribution >= 4 is 0 Å². The summed E-state index contributed by atoms with van der Waals surface area (Å²) in [6, 6.07) is 8.20. The molecule has 0 aliphatic carbocycles. The van der Waals surface area contributed by atoms with Gasteiger partial charge in [-0.05, 0) is 19.4 Å². The van der Waals surface area contributed by atoms with E-state index < -0.39 is 5.54 Å². The lowest BCUT2D eigenvalue weighted by molar-refractivity contribution is 0.135. The highest BCUT2D eigenvalue weighted by atomic mass is 16.5. The Morgan fingerprint density at radius 3 is 2.89 bits per heavy atom. The fraction of sp³-hybridized carbons (Fsp3) is 0.429. The Kier molecular flexibility index (Phi) is 3.97. The highest BCUT2D eigenvalue weighted by Crippen LogP contribution is 2.16. The van der Waals surface area contributed by atoms with Crippen LogP contribution in [0.3, 0.4) is 0 Å². The zero-order chi connectivity index (χ0) is 13.9. The second-order valence-electron chi connectivity index (χ2n) is 5.03. The third-order valence-corrected chi connectivity index (χ3v) is 2.86. The van der Waals surface area contributed by atoms with E-state index in [4.69, 9.17) is 15.0 Å². The molecule has 5 nitrogen and oxygen atoms in total. The number of aromatic nitrogens is 2. The van der Waals surface area contributed by atoms with Gasteiger partial charge in [-0.1, -0.05) is 35.0 Å². The molecule has 0 saturated heterocycles. The molecule has 0 aliphatic rings. The van der Waals surface area contributed by atoms with Crippen molar-refractivity contribution in [1.29, 1.82) is 0 Å². The largest absolute Gasteiger partial charge is 0.382 e. The molecule has 0 aliphatic heterocycles. The van der Waals surface area contributed by atoms with E-state index in [1.165, 1.54) is 5.56 Å². The smallest absolute Gasteiger partial charge is 0.231 e. The summed E-state index contributed by atoms with van der Waals surface area (Å²) in [7, 11) is 1.60. The topological polar surface area (TPSA) is 74.2 Å². The minimum Gasteiger partial charge on any atom is -0.382 e. The minimum absolute atomic E-state index is 0.344. The second-order valence-corrected chi connectivity index (χ2v) is 5.03. The van der Waals surface area contributed by atoms with Crippen molar-refractivity contribution in [3.05, 3.63) is 47.1 Å². The van der Waals surface area contributed by atoms with Crippen molar-refractivity contribution in [3.63, 3.8) is 0 Å². The van der Waals surface area contributed by atoms with Crippen LogP contribution in [0.2, 0.25) is 0 Å². The summed E-state index contributed by atoms with van der Waals surface area (Å²) >= 11 is 0. The van der Waals surface area contributed by atoms with Crippen molar-refractivity contribution in [1.82, 2.24) is 10.1 Å². The molecular weight excluding hydrogens is 242 g/mol. The Hall–Kier alpha value is -1.72. The van der Waals surface area contributed by atoms with Crippen molar-refractivity contribution < 1.29 is 9.26 Å². The maximum absolute atomic E-state index is 6.07. The monoisotopic (exact) mass is 261 g/mol. The number of hydrogen-bond acceptors (Lipinski definition) is 5. The Labute approximate surface area is 112 Å². The summed E-state index contributed by atoms with van der Waals surface area (Å²) < 4.78 is 10.3. The molecule has 1 heterocycles. The van der Waals surface area contributed by atoms with Gasteiger partial charge in [-0.15, -0.1) is 0 Å². The van der Waals surface area contributed by atoms with Crippen molar-refractivity contribution in [2.75, 3.05) is 13.7 Å². The van der Waals surface area contributed by atoms with Gasteiger partial charge in [0.25, 0.3) is 0 Å². The summed E-state index contributed by atoms with van der Waals surface area (Å²) in [6.45, 7) is 4.21. The van der Waals surface area contributed by atoms with Gasteiger partial charge in [0.05, 0.1) is 13.0 Å². The zero-order valence-corrected chi connectivity index (χ0v) is 11.5. The van der Waals surface area contributed by atoms with E-state index in [1.54, 1.807) is 7.11 Å². The maximum Gasteiger partial charge on any atom is 0.231 e. The number of ether oxygens (including phenoxy) is 1. The van der Waals surface area contributed by atoms with E-state index in [-0.39, 0.29) is 0 Å². The van der Waals surface area contributed by atoms with Gasteiger partial charge in [0.1, 0.15) is 5.54 Å². The Morgan fingerprint density at radius 2 is 2.21 bits per heavy atom. The molecule has 1 aromatic carbocycles. The van der Waals surface area contributed by atoms with E-state index in [0.29, 0.717) is 24.7 Å². The van der Waals surface area contributed by atoms with E-state index in [2.05, 4.69) is 29.2 Å². The predicted octanol–water partition coefficient (Wildman–Crippen LogP) is 1.79. The molecule has 0 amide bonds. The average Bonchev–Trinajstić information content (AvgIpc) is 2.78. The number of hydrogen-bond donors (Lipinski definition) is 1. The van der Waals surface area contributed by atoms with Crippen LogP contribution < -0.4 is 5.73 Å². The molecule has 102 valence electrons. The first-order chi connectivity index (χ1) is 9.01. The summed E-state index contributed by atoms with van der Waals surface area (Å²) in [5, 5.41) is 3.93. The minimum atomic E-state index is -0.733. The van der Waals surface area contributed by atoms with Crippen LogP contribution >= 0.6 is 0 Å². The first kappa shape index (κ1) is 13.7. The van der Waals surface area contributed by atoms with Crippen molar-refractivity contribution in [2.24, 2.45) is 5.73 Å². The predicted molar refractivity (Wildman–Crippen MR) is 71.7 cm³/mol. The summed E-state index contributed by atoms with van der Waals surface area (Å²) in [6.07, 6.45) is 0.609. The van der Waals surface area contributed by atoms with Gasteiger partial charge < -0.3 is 15.0 Å². The SMILES string of the molecule is COCC(C)(N)c1noc(Cc2cccc(C)c2)n1. The van der Waals surface area contributed by atoms with Gasteiger partial charge in [0, 0.05) is 7.11 Å². The maximum atomic E-state index is 6.07. The molecular formula is C14H19N3O2. The molecule has 1 aromatic heterocycles. The fourth-order valence-corrected chi connectivity index (χ4v) is 1.92. The fourth-order valence-electron chi connectivity index (χ4n) is 1.92. The van der Waals surface area contributed by atoms with Gasteiger partial charge in [-0.25, -0.2) is 0 Å². The van der Waals surface area contributed by atoms with E-state index in [0.717, 1.165) is 5.56 Å². The van der Waals surface area contributed by atoms with Crippen LogP contribution in [0.1, 0.15) is 29.8 Å². The number of nitrogens with two attached hydrogens (primary N) is 1. The normalized spacial score (nSPS) is 14.3. The molecule has 2 rings (SSSR count). The molecule has 1 atom stereocenters. The van der Waals surface area contributed by atoms with Crippen LogP contribution in [-0.4, -0.2) is 23.9 Å². The molecule has 0 saturated carbocycles. The lowest BCUT2D eigenvalue weighted by Crippen LogP contribution is -2.39. The lowest BCUT2D eigenvalue weighted by atomic mass is 10.1. The van der Waals surface area contributed by atoms with Gasteiger partial charge in [0.15, 0.2) is 5.82 Å². The van der Waals surface area contributed by atoms with Gasteiger partial charge >= 0.3 is 0 Å². The molecule has 2 N–H and O–H groups in total. The molecule has 5 heteroatoms. The van der Waals surface area contributed by atoms with Crippen LogP contribution in [-0.2, 0) is 16.7 Å². The zero-order valence-electron chi connectivity index (χ0n) is 11.5. The van der Waals surface area contributed by atoms with E-state index >= 15 is 0 Å². The number of nitrogens with zero attached hydrogens (tertiary/aromatic N) is 2. The number of rotatable bonds is 5. The number of aryl methyl sites for hydroxylation is 1. The van der Waals surface area contributed by atoms with Crippen molar-refractivity contribution in [2.45, 2.75) is 25.8 Å². The summed E-state index contributed by atoms with van der Waals surface area (Å²) in [5.74, 6) is 1.03. The van der Waals surface area contributed by atoms with Gasteiger partial charge in [0.2, 0.25) is 5.89 Å². The molecule has 2 aromatic rings. The molecule has 1 unspecified atom stereocenters. The Morgan fingerprint density at radius 1 is 1.42 bits per heavy atom. The quantitative estimate of drug-likeness (QED) is 0.888. The Bertz CT molecular complexity index is 549. The lowest BCUT2D eigenvalue weighted by Gasteiger charge is -2.18. The number of benzene rings is 1. The molecule has 0 fully saturated rings. The first-order valence-electron chi connectivity index (χ1n) is 6.18. The highest BCUT2D eigenvalue weighted by molar-refractivity contribution is 5.24. The molecule has 0 bridgehead atoms. The third kappa shape index (κ3) is 3.39. The van der Waals surface area contributed by atoms with E-state index in [9.17, 15) is 0 Å². The summed E-state index contributed by atoms with van der Waals surface area (Å²) in [4.78, 5) is 4.34. The van der Waals surface area contributed by atoms with Crippen LogP contribution in [0.25, 0.3) is 0 Å².